The molecule has 1 aromatic carbocycles. The summed E-state index contributed by atoms with van der Waals surface area (Å²) in [5.74, 6) is -0.601. The predicted molar refractivity (Wildman–Crippen MR) is 89.2 cm³/mol. The molecule has 8 heteroatoms. The summed E-state index contributed by atoms with van der Waals surface area (Å²) in [5.41, 5.74) is 0.176. The SMILES string of the molecule is CCn1cc(C(=O)NC(C)CC(=O)O)c(=O)c2cc3c(cc21)OCO3. The van der Waals surface area contributed by atoms with Crippen molar-refractivity contribution in [2.45, 2.75) is 32.9 Å². The molecule has 1 unspecified atom stereocenters. The molecule has 2 aromatic rings. The van der Waals surface area contributed by atoms with E-state index in [1.165, 1.54) is 6.20 Å². The number of nitrogens with one attached hydrogen (secondary N) is 1. The molecule has 2 heterocycles. The van der Waals surface area contributed by atoms with Gasteiger partial charge in [0.05, 0.1) is 17.3 Å². The lowest BCUT2D eigenvalue weighted by Gasteiger charge is -2.14. The number of aromatic nitrogens is 1. The number of carbonyl (C=O) groups is 2. The molecule has 0 bridgehead atoms. The van der Waals surface area contributed by atoms with Crippen LogP contribution in [0.3, 0.4) is 0 Å². The molecule has 0 fully saturated rings. The number of aryl methyl sites for hydroxylation is 1. The first kappa shape index (κ1) is 16.8. The van der Waals surface area contributed by atoms with Gasteiger partial charge in [0.1, 0.15) is 5.56 Å². The van der Waals surface area contributed by atoms with Crippen molar-refractivity contribution in [1.29, 1.82) is 0 Å². The highest BCUT2D eigenvalue weighted by Crippen LogP contribution is 2.35. The monoisotopic (exact) mass is 346 g/mol. The maximum Gasteiger partial charge on any atom is 0.305 e. The first-order chi connectivity index (χ1) is 11.9. The van der Waals surface area contributed by atoms with Crippen LogP contribution < -0.4 is 20.2 Å². The molecule has 1 amide bonds. The van der Waals surface area contributed by atoms with Gasteiger partial charge in [0.25, 0.3) is 5.91 Å². The smallest absolute Gasteiger partial charge is 0.305 e. The first-order valence-electron chi connectivity index (χ1n) is 7.90. The van der Waals surface area contributed by atoms with Crippen LogP contribution in [0.4, 0.5) is 0 Å². The number of carboxylic acids is 1. The summed E-state index contributed by atoms with van der Waals surface area (Å²) in [6, 6.07) is 2.70. The highest BCUT2D eigenvalue weighted by molar-refractivity contribution is 5.98. The van der Waals surface area contributed by atoms with Crippen molar-refractivity contribution < 1.29 is 24.2 Å². The third-order valence-electron chi connectivity index (χ3n) is 4.02. The van der Waals surface area contributed by atoms with Crippen LogP contribution >= 0.6 is 0 Å². The Labute approximate surface area is 143 Å². The van der Waals surface area contributed by atoms with E-state index in [-0.39, 0.29) is 18.8 Å². The van der Waals surface area contributed by atoms with Crippen LogP contribution in [0.2, 0.25) is 0 Å². The number of amides is 1. The number of nitrogens with zero attached hydrogens (tertiary/aromatic N) is 1. The Bertz CT molecular complexity index is 917. The third kappa shape index (κ3) is 3.15. The zero-order valence-electron chi connectivity index (χ0n) is 13.9. The van der Waals surface area contributed by atoms with Gasteiger partial charge < -0.3 is 24.5 Å². The number of carboxylic acid groups (broad SMARTS) is 1. The minimum atomic E-state index is -1.02. The van der Waals surface area contributed by atoms with Crippen LogP contribution in [0.25, 0.3) is 10.9 Å². The topological polar surface area (TPSA) is 107 Å². The number of hydrogen-bond acceptors (Lipinski definition) is 5. The summed E-state index contributed by atoms with van der Waals surface area (Å²) in [7, 11) is 0. The Morgan fingerprint density at radius 3 is 2.64 bits per heavy atom. The second kappa shape index (κ2) is 6.46. The van der Waals surface area contributed by atoms with Crippen molar-refractivity contribution in [3.05, 3.63) is 34.1 Å². The molecule has 0 saturated heterocycles. The fraction of sp³-hybridized carbons (Fsp3) is 0.353. The molecule has 1 aliphatic rings. The molecule has 0 radical (unpaired) electrons. The zero-order chi connectivity index (χ0) is 18.1. The van der Waals surface area contributed by atoms with Gasteiger partial charge in [-0.05, 0) is 19.9 Å². The van der Waals surface area contributed by atoms with E-state index in [9.17, 15) is 14.4 Å². The fourth-order valence-corrected chi connectivity index (χ4v) is 2.82. The number of carbonyl (C=O) groups excluding carboxylic acids is 1. The van der Waals surface area contributed by atoms with Crippen LogP contribution in [0.15, 0.2) is 23.1 Å². The highest BCUT2D eigenvalue weighted by atomic mass is 16.7. The Morgan fingerprint density at radius 2 is 2.00 bits per heavy atom. The van der Waals surface area contributed by atoms with E-state index in [4.69, 9.17) is 14.6 Å². The van der Waals surface area contributed by atoms with Gasteiger partial charge in [-0.1, -0.05) is 0 Å². The molecule has 0 aliphatic carbocycles. The molecule has 1 aromatic heterocycles. The van der Waals surface area contributed by atoms with E-state index in [0.717, 1.165) is 0 Å². The van der Waals surface area contributed by atoms with Crippen molar-refractivity contribution in [2.24, 2.45) is 0 Å². The van der Waals surface area contributed by atoms with Gasteiger partial charge in [-0.2, -0.15) is 0 Å². The lowest BCUT2D eigenvalue weighted by Crippen LogP contribution is -2.37. The molecular weight excluding hydrogens is 328 g/mol. The number of ether oxygens (including phenoxy) is 2. The summed E-state index contributed by atoms with van der Waals surface area (Å²) in [6.45, 7) is 4.10. The van der Waals surface area contributed by atoms with E-state index in [0.29, 0.717) is 28.9 Å². The van der Waals surface area contributed by atoms with E-state index >= 15 is 0 Å². The molecule has 0 saturated carbocycles. The molecule has 1 atom stereocenters. The van der Waals surface area contributed by atoms with Gasteiger partial charge >= 0.3 is 5.97 Å². The van der Waals surface area contributed by atoms with Crippen LogP contribution in [0.5, 0.6) is 11.5 Å². The van der Waals surface area contributed by atoms with Crippen molar-refractivity contribution in [3.8, 4) is 11.5 Å². The second-order valence-corrected chi connectivity index (χ2v) is 5.85. The molecule has 25 heavy (non-hydrogen) atoms. The summed E-state index contributed by atoms with van der Waals surface area (Å²) >= 11 is 0. The first-order valence-corrected chi connectivity index (χ1v) is 7.90. The number of benzene rings is 1. The van der Waals surface area contributed by atoms with Gasteiger partial charge in [-0.3, -0.25) is 14.4 Å². The molecule has 1 aliphatic heterocycles. The minimum Gasteiger partial charge on any atom is -0.481 e. The highest BCUT2D eigenvalue weighted by Gasteiger charge is 2.21. The fourth-order valence-electron chi connectivity index (χ4n) is 2.82. The standard InChI is InChI=1S/C17H18N2O6/c1-3-19-7-11(17(23)18-9(2)4-15(20)21)16(22)10-5-13-14(6-12(10)19)25-8-24-13/h5-7,9H,3-4,8H2,1-2H3,(H,18,23)(H,20,21). The number of fused-ring (bicyclic) bond motifs is 2. The third-order valence-corrected chi connectivity index (χ3v) is 4.02. The maximum absolute atomic E-state index is 12.8. The van der Waals surface area contributed by atoms with E-state index in [2.05, 4.69) is 5.32 Å². The molecule has 0 spiro atoms. The van der Waals surface area contributed by atoms with Crippen molar-refractivity contribution in [2.75, 3.05) is 6.79 Å². The molecule has 132 valence electrons. The van der Waals surface area contributed by atoms with Gasteiger partial charge in [0, 0.05) is 24.8 Å². The molecule has 8 nitrogen and oxygen atoms in total. The number of aliphatic carboxylic acids is 1. The lowest BCUT2D eigenvalue weighted by atomic mass is 10.1. The van der Waals surface area contributed by atoms with Crippen LogP contribution in [0, 0.1) is 0 Å². The van der Waals surface area contributed by atoms with Crippen molar-refractivity contribution in [3.63, 3.8) is 0 Å². The lowest BCUT2D eigenvalue weighted by molar-refractivity contribution is -0.137. The van der Waals surface area contributed by atoms with Gasteiger partial charge in [0.2, 0.25) is 12.2 Å². The number of hydrogen-bond donors (Lipinski definition) is 2. The Kier molecular flexibility index (Phi) is 4.35. The maximum atomic E-state index is 12.8. The Balaban J connectivity index is 2.06. The summed E-state index contributed by atoms with van der Waals surface area (Å²) in [5, 5.41) is 11.7. The number of pyridine rings is 1. The van der Waals surface area contributed by atoms with Gasteiger partial charge in [0.15, 0.2) is 11.5 Å². The zero-order valence-corrected chi connectivity index (χ0v) is 13.9. The minimum absolute atomic E-state index is 0.0366. The number of rotatable bonds is 5. The van der Waals surface area contributed by atoms with Crippen LogP contribution in [0.1, 0.15) is 30.6 Å². The van der Waals surface area contributed by atoms with Gasteiger partial charge in [-0.25, -0.2) is 0 Å². The molecular formula is C17H18N2O6. The summed E-state index contributed by atoms with van der Waals surface area (Å²) in [6.07, 6.45) is 1.26. The van der Waals surface area contributed by atoms with Crippen LogP contribution in [-0.4, -0.2) is 34.4 Å². The summed E-state index contributed by atoms with van der Waals surface area (Å²) in [4.78, 5) is 35.9. The van der Waals surface area contributed by atoms with E-state index < -0.39 is 23.3 Å². The van der Waals surface area contributed by atoms with E-state index in [1.54, 1.807) is 23.6 Å². The summed E-state index contributed by atoms with van der Waals surface area (Å²) < 4.78 is 12.4. The van der Waals surface area contributed by atoms with Crippen molar-refractivity contribution in [1.82, 2.24) is 9.88 Å². The quantitative estimate of drug-likeness (QED) is 0.846. The largest absolute Gasteiger partial charge is 0.481 e. The van der Waals surface area contributed by atoms with Gasteiger partial charge in [-0.15, -0.1) is 0 Å². The Hall–Kier alpha value is -3.03. The Morgan fingerprint density at radius 1 is 1.32 bits per heavy atom. The van der Waals surface area contributed by atoms with Crippen LogP contribution in [-0.2, 0) is 11.3 Å². The van der Waals surface area contributed by atoms with E-state index in [1.807, 2.05) is 6.92 Å². The molecule has 3 rings (SSSR count). The molecule has 2 N–H and O–H groups in total. The predicted octanol–water partition coefficient (Wildman–Crippen LogP) is 1.34. The second-order valence-electron chi connectivity index (χ2n) is 5.85. The van der Waals surface area contributed by atoms with Crippen molar-refractivity contribution >= 4 is 22.8 Å². The normalized spacial score (nSPS) is 13.7. The average Bonchev–Trinajstić information content (AvgIpc) is 3.00. The average molecular weight is 346 g/mol.